The van der Waals surface area contributed by atoms with Gasteiger partial charge in [-0.1, -0.05) is 13.0 Å². The van der Waals surface area contributed by atoms with Gasteiger partial charge in [0.2, 0.25) is 0 Å². The molecule has 1 unspecified atom stereocenters. The van der Waals surface area contributed by atoms with Crippen molar-refractivity contribution in [2.45, 2.75) is 40.2 Å². The van der Waals surface area contributed by atoms with E-state index in [2.05, 4.69) is 32.2 Å². The van der Waals surface area contributed by atoms with Gasteiger partial charge in [-0.05, 0) is 68.6 Å². The van der Waals surface area contributed by atoms with E-state index in [9.17, 15) is 4.39 Å². The van der Waals surface area contributed by atoms with E-state index >= 15 is 0 Å². The lowest BCUT2D eigenvalue weighted by molar-refractivity contribution is 0.594. The Kier molecular flexibility index (Phi) is 4.95. The second kappa shape index (κ2) is 6.51. The Balaban J connectivity index is 2.44. The van der Waals surface area contributed by atoms with Crippen LogP contribution < -0.4 is 5.32 Å². The predicted octanol–water partition coefficient (Wildman–Crippen LogP) is 4.90. The zero-order valence-corrected chi connectivity index (χ0v) is 13.4. The average Bonchev–Trinajstić information content (AvgIpc) is 2.71. The van der Waals surface area contributed by atoms with Crippen LogP contribution in [0.2, 0.25) is 0 Å². The summed E-state index contributed by atoms with van der Waals surface area (Å²) >= 11 is 1.82. The largest absolute Gasteiger partial charge is 0.306 e. The fourth-order valence-corrected chi connectivity index (χ4v) is 3.67. The third-order valence-corrected chi connectivity index (χ3v) is 4.70. The Labute approximate surface area is 124 Å². The van der Waals surface area contributed by atoms with Gasteiger partial charge in [0.25, 0.3) is 0 Å². The molecule has 0 saturated carbocycles. The summed E-state index contributed by atoms with van der Waals surface area (Å²) < 4.78 is 13.3. The topological polar surface area (TPSA) is 12.0 Å². The maximum atomic E-state index is 13.3. The minimum Gasteiger partial charge on any atom is -0.306 e. The van der Waals surface area contributed by atoms with Gasteiger partial charge in [-0.25, -0.2) is 4.39 Å². The second-order valence-corrected chi connectivity index (χ2v) is 6.58. The van der Waals surface area contributed by atoms with Crippen LogP contribution >= 0.6 is 11.3 Å². The maximum absolute atomic E-state index is 13.3. The van der Waals surface area contributed by atoms with Gasteiger partial charge in [-0.3, -0.25) is 0 Å². The Morgan fingerprint density at radius 1 is 1.15 bits per heavy atom. The summed E-state index contributed by atoms with van der Waals surface area (Å²) in [5.41, 5.74) is 3.48. The van der Waals surface area contributed by atoms with Crippen molar-refractivity contribution in [2.75, 3.05) is 6.54 Å². The van der Waals surface area contributed by atoms with Crippen LogP contribution in [-0.4, -0.2) is 6.54 Å². The van der Waals surface area contributed by atoms with Crippen molar-refractivity contribution in [3.63, 3.8) is 0 Å². The highest BCUT2D eigenvalue weighted by Crippen LogP contribution is 2.33. The number of halogens is 1. The first-order chi connectivity index (χ1) is 9.52. The Hall–Kier alpha value is -1.19. The third-order valence-electron chi connectivity index (χ3n) is 3.48. The molecule has 0 amide bonds. The molecule has 0 bridgehead atoms. The van der Waals surface area contributed by atoms with Gasteiger partial charge in [-0.2, -0.15) is 0 Å². The van der Waals surface area contributed by atoms with Crippen LogP contribution in [0, 0.1) is 26.6 Å². The summed E-state index contributed by atoms with van der Waals surface area (Å²) in [4.78, 5) is 2.66. The summed E-state index contributed by atoms with van der Waals surface area (Å²) in [5, 5.41) is 3.60. The molecule has 0 fully saturated rings. The summed E-state index contributed by atoms with van der Waals surface area (Å²) in [7, 11) is 0. The molecule has 1 heterocycles. The maximum Gasteiger partial charge on any atom is 0.123 e. The molecule has 1 aromatic carbocycles. The third kappa shape index (κ3) is 3.28. The summed E-state index contributed by atoms with van der Waals surface area (Å²) in [6.07, 6.45) is 1.08. The number of hydrogen-bond donors (Lipinski definition) is 1. The normalized spacial score (nSPS) is 12.7. The standard InChI is InChI=1S/C17H22FNS/c1-5-8-19-16(17-12(3)9-13(4)20-17)15-7-6-14(18)10-11(15)2/h6-7,9-10,16,19H,5,8H2,1-4H3. The Bertz CT molecular complexity index is 589. The highest BCUT2D eigenvalue weighted by atomic mass is 32.1. The lowest BCUT2D eigenvalue weighted by Crippen LogP contribution is -2.23. The lowest BCUT2D eigenvalue weighted by Gasteiger charge is -2.21. The van der Waals surface area contributed by atoms with Crippen LogP contribution in [0.4, 0.5) is 4.39 Å². The minimum absolute atomic E-state index is 0.161. The van der Waals surface area contributed by atoms with Gasteiger partial charge in [0, 0.05) is 9.75 Å². The molecule has 1 aromatic heterocycles. The lowest BCUT2D eigenvalue weighted by atomic mass is 9.98. The SMILES string of the molecule is CCCNC(c1ccc(F)cc1C)c1sc(C)cc1C. The van der Waals surface area contributed by atoms with Gasteiger partial charge >= 0.3 is 0 Å². The van der Waals surface area contributed by atoms with E-state index in [-0.39, 0.29) is 11.9 Å². The van der Waals surface area contributed by atoms with E-state index in [1.165, 1.54) is 20.9 Å². The van der Waals surface area contributed by atoms with Crippen LogP contribution in [0.15, 0.2) is 24.3 Å². The number of aryl methyl sites for hydroxylation is 3. The molecule has 0 aliphatic heterocycles. The van der Waals surface area contributed by atoms with Gasteiger partial charge < -0.3 is 5.32 Å². The van der Waals surface area contributed by atoms with Crippen LogP contribution in [0.5, 0.6) is 0 Å². The van der Waals surface area contributed by atoms with E-state index in [1.807, 2.05) is 24.3 Å². The molecule has 1 atom stereocenters. The number of rotatable bonds is 5. The number of thiophene rings is 1. The van der Waals surface area contributed by atoms with E-state index in [4.69, 9.17) is 0 Å². The minimum atomic E-state index is -0.167. The molecule has 0 saturated heterocycles. The van der Waals surface area contributed by atoms with E-state index in [0.717, 1.165) is 18.5 Å². The van der Waals surface area contributed by atoms with Crippen molar-refractivity contribution in [2.24, 2.45) is 0 Å². The predicted molar refractivity (Wildman–Crippen MR) is 85.1 cm³/mol. The highest BCUT2D eigenvalue weighted by Gasteiger charge is 2.19. The van der Waals surface area contributed by atoms with Crippen molar-refractivity contribution in [3.8, 4) is 0 Å². The summed E-state index contributed by atoms with van der Waals surface area (Å²) in [6, 6.07) is 7.46. The van der Waals surface area contributed by atoms with E-state index in [0.29, 0.717) is 0 Å². The first kappa shape index (κ1) is 15.2. The highest BCUT2D eigenvalue weighted by molar-refractivity contribution is 7.12. The Morgan fingerprint density at radius 3 is 2.45 bits per heavy atom. The van der Waals surface area contributed by atoms with Gasteiger partial charge in [0.05, 0.1) is 6.04 Å². The van der Waals surface area contributed by atoms with Crippen LogP contribution in [0.25, 0.3) is 0 Å². The van der Waals surface area contributed by atoms with Gasteiger partial charge in [-0.15, -0.1) is 11.3 Å². The number of benzene rings is 1. The molecule has 1 N–H and O–H groups in total. The quantitative estimate of drug-likeness (QED) is 0.826. The molecule has 2 aromatic rings. The number of nitrogens with one attached hydrogen (secondary N) is 1. The second-order valence-electron chi connectivity index (χ2n) is 5.29. The van der Waals surface area contributed by atoms with Crippen molar-refractivity contribution in [3.05, 3.63) is 56.5 Å². The zero-order valence-electron chi connectivity index (χ0n) is 12.6. The summed E-state index contributed by atoms with van der Waals surface area (Å²) in [6.45, 7) is 9.38. The zero-order chi connectivity index (χ0) is 14.7. The smallest absolute Gasteiger partial charge is 0.123 e. The monoisotopic (exact) mass is 291 g/mol. The Morgan fingerprint density at radius 2 is 1.90 bits per heavy atom. The van der Waals surface area contributed by atoms with Crippen molar-refractivity contribution < 1.29 is 4.39 Å². The van der Waals surface area contributed by atoms with Gasteiger partial charge in [0.15, 0.2) is 0 Å². The molecule has 20 heavy (non-hydrogen) atoms. The molecule has 0 spiro atoms. The first-order valence-corrected chi connectivity index (χ1v) is 7.91. The van der Waals surface area contributed by atoms with Gasteiger partial charge in [0.1, 0.15) is 5.82 Å². The molecule has 0 aliphatic rings. The van der Waals surface area contributed by atoms with Crippen LogP contribution in [0.1, 0.15) is 45.8 Å². The molecule has 108 valence electrons. The molecule has 0 radical (unpaired) electrons. The van der Waals surface area contributed by atoms with Crippen LogP contribution in [-0.2, 0) is 0 Å². The average molecular weight is 291 g/mol. The molecule has 3 heteroatoms. The van der Waals surface area contributed by atoms with E-state index in [1.54, 1.807) is 12.1 Å². The van der Waals surface area contributed by atoms with Crippen LogP contribution in [0.3, 0.4) is 0 Å². The molecule has 0 aliphatic carbocycles. The first-order valence-electron chi connectivity index (χ1n) is 7.09. The fraction of sp³-hybridized carbons (Fsp3) is 0.412. The fourth-order valence-electron chi connectivity index (χ4n) is 2.54. The van der Waals surface area contributed by atoms with Crippen molar-refractivity contribution in [1.29, 1.82) is 0 Å². The molecular formula is C17H22FNS. The molecule has 1 nitrogen and oxygen atoms in total. The van der Waals surface area contributed by atoms with E-state index < -0.39 is 0 Å². The molecule has 2 rings (SSSR count). The van der Waals surface area contributed by atoms with Crippen molar-refractivity contribution in [1.82, 2.24) is 5.32 Å². The number of hydrogen-bond acceptors (Lipinski definition) is 2. The van der Waals surface area contributed by atoms with Crippen molar-refractivity contribution >= 4 is 11.3 Å². The molecular weight excluding hydrogens is 269 g/mol. The summed E-state index contributed by atoms with van der Waals surface area (Å²) in [5.74, 6) is -0.167.